The van der Waals surface area contributed by atoms with Crippen molar-refractivity contribution in [3.8, 4) is 5.69 Å². The molecule has 6 nitrogen and oxygen atoms in total. The van der Waals surface area contributed by atoms with Crippen LogP contribution in [0.5, 0.6) is 0 Å². The number of nitrogens with one attached hydrogen (secondary N) is 1. The molecule has 1 heterocycles. The Balaban J connectivity index is 2.04. The minimum absolute atomic E-state index is 0.0599. The van der Waals surface area contributed by atoms with Crippen molar-refractivity contribution in [2.24, 2.45) is 5.41 Å². The predicted molar refractivity (Wildman–Crippen MR) is 81.4 cm³/mol. The minimum Gasteiger partial charge on any atom is -0.481 e. The van der Waals surface area contributed by atoms with Gasteiger partial charge in [-0.2, -0.15) is 0 Å². The van der Waals surface area contributed by atoms with Crippen molar-refractivity contribution in [3.63, 3.8) is 0 Å². The number of rotatable bonds is 6. The predicted octanol–water partition coefficient (Wildman–Crippen LogP) is 1.99. The van der Waals surface area contributed by atoms with Gasteiger partial charge in [0, 0.05) is 25.4 Å². The molecule has 2 aromatic rings. The molecule has 0 spiro atoms. The van der Waals surface area contributed by atoms with Crippen LogP contribution >= 0.6 is 0 Å². The number of aromatic nitrogens is 2. The van der Waals surface area contributed by atoms with Crippen molar-refractivity contribution in [1.29, 1.82) is 0 Å². The molecule has 116 valence electrons. The van der Waals surface area contributed by atoms with E-state index in [0.717, 1.165) is 11.3 Å². The number of carbonyl (C=O) groups is 2. The highest BCUT2D eigenvalue weighted by Gasteiger charge is 2.30. The molecule has 1 aromatic heterocycles. The van der Waals surface area contributed by atoms with Gasteiger partial charge in [-0.25, -0.2) is 4.98 Å². The fraction of sp³-hybridized carbons (Fsp3) is 0.312. The van der Waals surface area contributed by atoms with Crippen LogP contribution in [0.1, 0.15) is 25.8 Å². The smallest absolute Gasteiger partial charge is 0.309 e. The Kier molecular flexibility index (Phi) is 4.60. The quantitative estimate of drug-likeness (QED) is 0.854. The highest BCUT2D eigenvalue weighted by atomic mass is 16.4. The third kappa shape index (κ3) is 3.72. The third-order valence-corrected chi connectivity index (χ3v) is 3.43. The summed E-state index contributed by atoms with van der Waals surface area (Å²) in [6.07, 6.45) is 5.14. The second-order valence-corrected chi connectivity index (χ2v) is 5.74. The lowest BCUT2D eigenvalue weighted by molar-refractivity contribution is -0.149. The van der Waals surface area contributed by atoms with Crippen LogP contribution in [0.4, 0.5) is 0 Å². The van der Waals surface area contributed by atoms with Crippen molar-refractivity contribution in [2.45, 2.75) is 26.8 Å². The summed E-state index contributed by atoms with van der Waals surface area (Å²) in [4.78, 5) is 27.0. The van der Waals surface area contributed by atoms with Crippen molar-refractivity contribution < 1.29 is 14.7 Å². The van der Waals surface area contributed by atoms with Crippen LogP contribution in [0.2, 0.25) is 0 Å². The van der Waals surface area contributed by atoms with E-state index in [1.54, 1.807) is 12.5 Å². The summed E-state index contributed by atoms with van der Waals surface area (Å²) in [7, 11) is 0. The topological polar surface area (TPSA) is 84.2 Å². The molecule has 2 rings (SSSR count). The van der Waals surface area contributed by atoms with Gasteiger partial charge in [0.15, 0.2) is 0 Å². The molecule has 0 radical (unpaired) electrons. The average molecular weight is 301 g/mol. The summed E-state index contributed by atoms with van der Waals surface area (Å²) in [5.74, 6) is -1.27. The average Bonchev–Trinajstić information content (AvgIpc) is 2.99. The van der Waals surface area contributed by atoms with Gasteiger partial charge in [0.05, 0.1) is 17.4 Å². The maximum absolute atomic E-state index is 11.9. The normalized spacial score (nSPS) is 11.2. The number of imidazole rings is 1. The monoisotopic (exact) mass is 301 g/mol. The zero-order valence-electron chi connectivity index (χ0n) is 12.6. The number of benzene rings is 1. The Morgan fingerprint density at radius 1 is 1.32 bits per heavy atom. The Labute approximate surface area is 128 Å². The lowest BCUT2D eigenvalue weighted by Gasteiger charge is -2.18. The number of nitrogens with zero attached hydrogens (tertiary/aromatic N) is 2. The third-order valence-electron chi connectivity index (χ3n) is 3.43. The summed E-state index contributed by atoms with van der Waals surface area (Å²) in [5.41, 5.74) is 0.785. The second kappa shape index (κ2) is 6.43. The van der Waals surface area contributed by atoms with Gasteiger partial charge in [0.1, 0.15) is 0 Å². The molecule has 22 heavy (non-hydrogen) atoms. The van der Waals surface area contributed by atoms with Crippen molar-refractivity contribution in [1.82, 2.24) is 14.9 Å². The zero-order chi connectivity index (χ0) is 16.2. The molecule has 1 amide bonds. The van der Waals surface area contributed by atoms with E-state index < -0.39 is 11.4 Å². The Bertz CT molecular complexity index is 663. The number of carboxylic acids is 1. The number of amides is 1. The van der Waals surface area contributed by atoms with Gasteiger partial charge in [0.25, 0.3) is 0 Å². The van der Waals surface area contributed by atoms with Crippen LogP contribution in [0.3, 0.4) is 0 Å². The summed E-state index contributed by atoms with van der Waals surface area (Å²) >= 11 is 0. The second-order valence-electron chi connectivity index (χ2n) is 5.74. The molecule has 0 aliphatic heterocycles. The summed E-state index contributed by atoms with van der Waals surface area (Å²) < 4.78 is 1.86. The first kappa shape index (κ1) is 15.8. The molecule has 0 saturated heterocycles. The first-order valence-electron chi connectivity index (χ1n) is 6.96. The van der Waals surface area contributed by atoms with E-state index in [0.29, 0.717) is 6.54 Å². The number of carbonyl (C=O) groups excluding carboxylic acids is 1. The van der Waals surface area contributed by atoms with E-state index in [1.165, 1.54) is 13.8 Å². The summed E-state index contributed by atoms with van der Waals surface area (Å²) in [5, 5.41) is 11.8. The highest BCUT2D eigenvalue weighted by molar-refractivity contribution is 5.84. The maximum atomic E-state index is 11.9. The summed E-state index contributed by atoms with van der Waals surface area (Å²) in [6.45, 7) is 3.41. The number of hydrogen-bond donors (Lipinski definition) is 2. The van der Waals surface area contributed by atoms with Crippen molar-refractivity contribution in [3.05, 3.63) is 48.5 Å². The molecule has 0 bridgehead atoms. The Morgan fingerprint density at radius 3 is 2.68 bits per heavy atom. The molecule has 0 unspecified atom stereocenters. The lowest BCUT2D eigenvalue weighted by atomic mass is 9.89. The van der Waals surface area contributed by atoms with Crippen LogP contribution in [-0.2, 0) is 16.1 Å². The fourth-order valence-corrected chi connectivity index (χ4v) is 2.05. The standard InChI is InChI=1S/C16H19N3O3/c1-16(2,15(21)22)9-14(20)18-10-12-5-3-4-6-13(12)19-8-7-17-11-19/h3-8,11H,9-10H2,1-2H3,(H,18,20)(H,21,22). The van der Waals surface area contributed by atoms with E-state index in [2.05, 4.69) is 10.3 Å². The molecule has 6 heteroatoms. The van der Waals surface area contributed by atoms with Gasteiger partial charge in [-0.1, -0.05) is 18.2 Å². The SMILES string of the molecule is CC(C)(CC(=O)NCc1ccccc1-n1ccnc1)C(=O)O. The molecule has 0 fully saturated rings. The van der Waals surface area contributed by atoms with Gasteiger partial charge in [0.2, 0.25) is 5.91 Å². The van der Waals surface area contributed by atoms with Gasteiger partial charge < -0.3 is 15.0 Å². The van der Waals surface area contributed by atoms with Crippen molar-refractivity contribution >= 4 is 11.9 Å². The molecule has 0 aliphatic carbocycles. The first-order chi connectivity index (χ1) is 10.4. The van der Waals surface area contributed by atoms with E-state index in [4.69, 9.17) is 5.11 Å². The van der Waals surface area contributed by atoms with Crippen molar-refractivity contribution in [2.75, 3.05) is 0 Å². The largest absolute Gasteiger partial charge is 0.481 e. The van der Waals surface area contributed by atoms with Gasteiger partial charge in [-0.05, 0) is 25.5 Å². The van der Waals surface area contributed by atoms with Crippen LogP contribution in [0.25, 0.3) is 5.69 Å². The Morgan fingerprint density at radius 2 is 2.05 bits per heavy atom. The fourth-order valence-electron chi connectivity index (χ4n) is 2.05. The minimum atomic E-state index is -1.08. The summed E-state index contributed by atoms with van der Waals surface area (Å²) in [6, 6.07) is 7.65. The molecule has 2 N–H and O–H groups in total. The van der Waals surface area contributed by atoms with Crippen LogP contribution < -0.4 is 5.32 Å². The van der Waals surface area contributed by atoms with Gasteiger partial charge in [-0.15, -0.1) is 0 Å². The lowest BCUT2D eigenvalue weighted by Crippen LogP contribution is -2.33. The van der Waals surface area contributed by atoms with E-state index in [-0.39, 0.29) is 12.3 Å². The number of carboxylic acid groups (broad SMARTS) is 1. The number of para-hydroxylation sites is 1. The highest BCUT2D eigenvalue weighted by Crippen LogP contribution is 2.20. The molecular weight excluding hydrogens is 282 g/mol. The first-order valence-corrected chi connectivity index (χ1v) is 6.96. The molecule has 0 aliphatic rings. The zero-order valence-corrected chi connectivity index (χ0v) is 12.6. The van der Waals surface area contributed by atoms with Gasteiger partial charge >= 0.3 is 5.97 Å². The van der Waals surface area contributed by atoms with E-state index >= 15 is 0 Å². The number of hydrogen-bond acceptors (Lipinski definition) is 3. The number of aliphatic carboxylic acids is 1. The van der Waals surface area contributed by atoms with Crippen LogP contribution in [-0.4, -0.2) is 26.5 Å². The van der Waals surface area contributed by atoms with E-state index in [9.17, 15) is 9.59 Å². The molecule has 0 atom stereocenters. The Hall–Kier alpha value is -2.63. The van der Waals surface area contributed by atoms with Crippen LogP contribution in [0, 0.1) is 5.41 Å². The molecule has 0 saturated carbocycles. The van der Waals surface area contributed by atoms with Crippen LogP contribution in [0.15, 0.2) is 43.0 Å². The molecule has 1 aromatic carbocycles. The maximum Gasteiger partial charge on any atom is 0.309 e. The molecular formula is C16H19N3O3. The van der Waals surface area contributed by atoms with E-state index in [1.807, 2.05) is 35.0 Å². The van der Waals surface area contributed by atoms with Gasteiger partial charge in [-0.3, -0.25) is 9.59 Å².